The van der Waals surface area contributed by atoms with Crippen LogP contribution < -0.4 is 0 Å². The van der Waals surface area contributed by atoms with Gasteiger partial charge in [0.15, 0.2) is 4.88 Å². The maximum Gasteiger partial charge on any atom is 0.350 e. The molecule has 0 aliphatic carbocycles. The number of aryl methyl sites for hydroxylation is 1. The minimum Gasteiger partial charge on any atom is -0.477 e. The smallest absolute Gasteiger partial charge is 0.350 e. The van der Waals surface area contributed by atoms with Gasteiger partial charge >= 0.3 is 5.97 Å². The first kappa shape index (κ1) is 7.14. The molecule has 1 rings (SSSR count). The summed E-state index contributed by atoms with van der Waals surface area (Å²) in [6.45, 7) is 1.56. The predicted molar refractivity (Wildman–Crippen MR) is 33.8 cm³/mol. The Morgan fingerprint density at radius 2 is 2.40 bits per heavy atom. The molecule has 5 heteroatoms. The highest BCUT2D eigenvalue weighted by molar-refractivity contribution is 7.13. The van der Waals surface area contributed by atoms with Crippen LogP contribution in [0.3, 0.4) is 0 Å². The number of nitrogens with zero attached hydrogens (tertiary/aromatic N) is 1. The summed E-state index contributed by atoms with van der Waals surface area (Å²) in [6.07, 6.45) is 0. The number of carboxylic acid groups (broad SMARTS) is 1. The lowest BCUT2D eigenvalue weighted by atomic mass is 10.5. The maximum absolute atomic E-state index is 12.4. The molecule has 0 bridgehead atoms. The van der Waals surface area contributed by atoms with Gasteiger partial charge in [-0.25, -0.2) is 9.78 Å². The molecule has 0 saturated carbocycles. The van der Waals surface area contributed by atoms with Gasteiger partial charge in [0.1, 0.15) is 0 Å². The monoisotopic (exact) mass is 161 g/mol. The van der Waals surface area contributed by atoms with Crippen molar-refractivity contribution in [1.82, 2.24) is 4.98 Å². The highest BCUT2D eigenvalue weighted by atomic mass is 32.1. The zero-order chi connectivity index (χ0) is 7.72. The van der Waals surface area contributed by atoms with Crippen LogP contribution in [0.2, 0.25) is 0 Å². The predicted octanol–water partition coefficient (Wildman–Crippen LogP) is 1.29. The Morgan fingerprint density at radius 3 is 2.60 bits per heavy atom. The average Bonchev–Trinajstić information content (AvgIpc) is 2.10. The third-order valence-electron chi connectivity index (χ3n) is 0.887. The van der Waals surface area contributed by atoms with Gasteiger partial charge in [-0.2, -0.15) is 4.39 Å². The van der Waals surface area contributed by atoms with Gasteiger partial charge in [0.05, 0.1) is 5.01 Å². The van der Waals surface area contributed by atoms with Crippen molar-refractivity contribution in [2.24, 2.45) is 0 Å². The second-order valence-corrected chi connectivity index (χ2v) is 2.86. The number of hydrogen-bond donors (Lipinski definition) is 1. The van der Waals surface area contributed by atoms with Crippen LogP contribution in [0.15, 0.2) is 0 Å². The summed E-state index contributed by atoms with van der Waals surface area (Å²) >= 11 is 0.837. The summed E-state index contributed by atoms with van der Waals surface area (Å²) in [6, 6.07) is 0. The largest absolute Gasteiger partial charge is 0.477 e. The SMILES string of the molecule is Cc1nc(F)c(C(=O)O)s1. The summed E-state index contributed by atoms with van der Waals surface area (Å²) in [5.41, 5.74) is 0. The molecule has 1 heterocycles. The van der Waals surface area contributed by atoms with E-state index in [1.54, 1.807) is 6.92 Å². The minimum absolute atomic E-state index is 0.322. The molecular weight excluding hydrogens is 157 g/mol. The second kappa shape index (κ2) is 2.34. The Balaban J connectivity index is 3.15. The normalized spacial score (nSPS) is 9.80. The Labute approximate surface area is 60.1 Å². The number of hydrogen-bond acceptors (Lipinski definition) is 3. The lowest BCUT2D eigenvalue weighted by molar-refractivity contribution is 0.0697. The van der Waals surface area contributed by atoms with E-state index in [4.69, 9.17) is 5.11 Å². The molecule has 54 valence electrons. The molecule has 0 amide bonds. The van der Waals surface area contributed by atoms with Crippen LogP contribution >= 0.6 is 11.3 Å². The van der Waals surface area contributed by atoms with Crippen LogP contribution in [-0.2, 0) is 0 Å². The van der Waals surface area contributed by atoms with Gasteiger partial charge in [0.2, 0.25) is 5.95 Å². The van der Waals surface area contributed by atoms with Crippen LogP contribution in [0.1, 0.15) is 14.7 Å². The summed E-state index contributed by atoms with van der Waals surface area (Å²) in [5.74, 6) is -2.15. The fourth-order valence-corrected chi connectivity index (χ4v) is 1.17. The van der Waals surface area contributed by atoms with E-state index in [9.17, 15) is 9.18 Å². The molecule has 0 spiro atoms. The number of aromatic carboxylic acids is 1. The topological polar surface area (TPSA) is 50.2 Å². The van der Waals surface area contributed by atoms with E-state index >= 15 is 0 Å². The van der Waals surface area contributed by atoms with Crippen molar-refractivity contribution in [3.8, 4) is 0 Å². The van der Waals surface area contributed by atoms with Crippen LogP contribution in [0.4, 0.5) is 4.39 Å². The highest BCUT2D eigenvalue weighted by Gasteiger charge is 2.14. The first-order valence-electron chi connectivity index (χ1n) is 2.47. The quantitative estimate of drug-likeness (QED) is 0.675. The van der Waals surface area contributed by atoms with Gasteiger partial charge in [-0.3, -0.25) is 0 Å². The third-order valence-corrected chi connectivity index (χ3v) is 1.82. The number of rotatable bonds is 1. The van der Waals surface area contributed by atoms with Crippen molar-refractivity contribution in [3.63, 3.8) is 0 Å². The van der Waals surface area contributed by atoms with Crippen LogP contribution in [0, 0.1) is 12.9 Å². The molecule has 0 atom stereocenters. The minimum atomic E-state index is -1.26. The molecule has 1 aromatic heterocycles. The van der Waals surface area contributed by atoms with E-state index in [2.05, 4.69) is 4.98 Å². The zero-order valence-corrected chi connectivity index (χ0v) is 5.91. The fourth-order valence-electron chi connectivity index (χ4n) is 0.534. The molecule has 0 aliphatic heterocycles. The van der Waals surface area contributed by atoms with E-state index in [0.29, 0.717) is 5.01 Å². The molecule has 10 heavy (non-hydrogen) atoms. The third kappa shape index (κ3) is 1.13. The lowest BCUT2D eigenvalue weighted by Gasteiger charge is -1.81. The standard InChI is InChI=1S/C5H4FNO2S/c1-2-7-4(6)3(10-2)5(8)9/h1H3,(H,8,9). The number of thiazole rings is 1. The molecule has 0 aromatic carbocycles. The van der Waals surface area contributed by atoms with Gasteiger partial charge in [-0.05, 0) is 6.92 Å². The van der Waals surface area contributed by atoms with E-state index < -0.39 is 11.9 Å². The van der Waals surface area contributed by atoms with Crippen molar-refractivity contribution in [2.75, 3.05) is 0 Å². The molecule has 0 saturated heterocycles. The van der Waals surface area contributed by atoms with E-state index in [0.717, 1.165) is 11.3 Å². The van der Waals surface area contributed by atoms with Gasteiger partial charge in [-0.15, -0.1) is 11.3 Å². The molecule has 3 nitrogen and oxygen atoms in total. The number of carboxylic acids is 1. The Kier molecular flexibility index (Phi) is 1.67. The van der Waals surface area contributed by atoms with E-state index in [1.807, 2.05) is 0 Å². The molecule has 0 aliphatic rings. The Hall–Kier alpha value is -0.970. The fraction of sp³-hybridized carbons (Fsp3) is 0.200. The lowest BCUT2D eigenvalue weighted by Crippen LogP contribution is -1.94. The zero-order valence-electron chi connectivity index (χ0n) is 5.09. The van der Waals surface area contributed by atoms with Gasteiger partial charge < -0.3 is 5.11 Å². The summed E-state index contributed by atoms with van der Waals surface area (Å²) < 4.78 is 12.4. The number of halogens is 1. The summed E-state index contributed by atoms with van der Waals surface area (Å²) in [5, 5.41) is 8.74. The highest BCUT2D eigenvalue weighted by Crippen LogP contribution is 2.15. The second-order valence-electron chi connectivity index (χ2n) is 1.66. The molecule has 0 radical (unpaired) electrons. The molecule has 0 fully saturated rings. The van der Waals surface area contributed by atoms with Crippen LogP contribution in [0.25, 0.3) is 0 Å². The Bertz CT molecular complexity index is 271. The number of carbonyl (C=O) groups is 1. The van der Waals surface area contributed by atoms with Crippen molar-refractivity contribution in [1.29, 1.82) is 0 Å². The summed E-state index contributed by atoms with van der Waals surface area (Å²) in [4.78, 5) is 13.1. The van der Waals surface area contributed by atoms with E-state index in [-0.39, 0.29) is 4.88 Å². The van der Waals surface area contributed by atoms with Gasteiger partial charge in [0, 0.05) is 0 Å². The van der Waals surface area contributed by atoms with Crippen LogP contribution in [-0.4, -0.2) is 16.1 Å². The molecule has 1 aromatic rings. The first-order valence-corrected chi connectivity index (χ1v) is 3.29. The Morgan fingerprint density at radius 1 is 1.80 bits per heavy atom. The van der Waals surface area contributed by atoms with Gasteiger partial charge in [0.25, 0.3) is 0 Å². The first-order chi connectivity index (χ1) is 4.61. The maximum atomic E-state index is 12.4. The van der Waals surface area contributed by atoms with Crippen molar-refractivity contribution in [2.45, 2.75) is 6.92 Å². The number of aromatic nitrogens is 1. The van der Waals surface area contributed by atoms with Crippen LogP contribution in [0.5, 0.6) is 0 Å². The van der Waals surface area contributed by atoms with Crippen molar-refractivity contribution < 1.29 is 14.3 Å². The van der Waals surface area contributed by atoms with Gasteiger partial charge in [-0.1, -0.05) is 0 Å². The van der Waals surface area contributed by atoms with Crippen molar-refractivity contribution >= 4 is 17.3 Å². The molecule has 0 unspecified atom stereocenters. The average molecular weight is 161 g/mol. The molecular formula is C5H4FNO2S. The molecule has 1 N–H and O–H groups in total. The van der Waals surface area contributed by atoms with Crippen molar-refractivity contribution in [3.05, 3.63) is 15.8 Å². The summed E-state index contributed by atoms with van der Waals surface area (Å²) in [7, 11) is 0. The van der Waals surface area contributed by atoms with E-state index in [1.165, 1.54) is 0 Å².